The van der Waals surface area contributed by atoms with Crippen LogP contribution in [0.4, 0.5) is 0 Å². The molecule has 0 spiro atoms. The molecule has 0 aromatic rings. The molecule has 0 bridgehead atoms. The van der Waals surface area contributed by atoms with Crippen molar-refractivity contribution in [1.29, 1.82) is 0 Å². The largest absolute Gasteiger partial charge is 0.479 e. The van der Waals surface area contributed by atoms with Crippen LogP contribution >= 0.6 is 11.8 Å². The van der Waals surface area contributed by atoms with Crippen LogP contribution in [0.25, 0.3) is 0 Å². The molecular weight excluding hydrogens is 147 g/mol. The van der Waals surface area contributed by atoms with Gasteiger partial charge in [0.1, 0.15) is 0 Å². The Labute approximate surface area is 56.5 Å². The summed E-state index contributed by atoms with van der Waals surface area (Å²) in [4.78, 5) is 9.13. The van der Waals surface area contributed by atoms with Gasteiger partial charge in [-0.3, -0.25) is 10.1 Å². The van der Waals surface area contributed by atoms with Crippen LogP contribution in [0, 0.1) is 10.1 Å². The van der Waals surface area contributed by atoms with E-state index in [4.69, 9.17) is 11.8 Å². The van der Waals surface area contributed by atoms with Crippen LogP contribution in [0.3, 0.4) is 0 Å². The van der Waals surface area contributed by atoms with E-state index in [9.17, 15) is 10.1 Å². The molecule has 0 atom stereocenters. The summed E-state index contributed by atoms with van der Waals surface area (Å²) in [6.07, 6.45) is 0. The van der Waals surface area contributed by atoms with Gasteiger partial charge < -0.3 is 4.74 Å². The molecule has 0 aliphatic rings. The second kappa shape index (κ2) is 4.08. The summed E-state index contributed by atoms with van der Waals surface area (Å²) in [6.45, 7) is -0.472. The maximum absolute atomic E-state index is 9.71. The van der Waals surface area contributed by atoms with E-state index >= 15 is 0 Å². The molecule has 0 rings (SSSR count). The van der Waals surface area contributed by atoms with Crippen molar-refractivity contribution in [3.05, 3.63) is 10.1 Å². The number of hydrogen-bond donors (Lipinski definition) is 0. The molecule has 0 aliphatic heterocycles. The Bertz CT molecular complexity index is 135. The molecule has 0 N–H and O–H groups in total. The minimum atomic E-state index is -0.579. The predicted octanol–water partition coefficient (Wildman–Crippen LogP) is 0.462. The molecule has 0 radical (unpaired) electrons. The number of ether oxygens (including phenoxy) is 1. The van der Waals surface area contributed by atoms with E-state index in [1.807, 2.05) is 0 Å². The number of hydrogen-bond acceptors (Lipinski definition) is 4. The summed E-state index contributed by atoms with van der Waals surface area (Å²) in [6, 6.07) is 0. The first-order chi connectivity index (χ1) is 4.20. The minimum Gasteiger partial charge on any atom is -0.479 e. The van der Waals surface area contributed by atoms with Crippen molar-refractivity contribution in [3.63, 3.8) is 0 Å². The molecule has 0 fully saturated rings. The molecule has 0 aromatic heterocycles. The van der Waals surface area contributed by atoms with Gasteiger partial charge in [-0.05, 0) is 0 Å². The molecule has 0 aliphatic carbocycles. The smallest absolute Gasteiger partial charge is 0.279 e. The van der Waals surface area contributed by atoms with E-state index in [2.05, 4.69) is 9.25 Å². The van der Waals surface area contributed by atoms with Crippen molar-refractivity contribution in [3.8, 4) is 0 Å². The summed E-state index contributed by atoms with van der Waals surface area (Å²) in [5, 5.41) is 9.71. The van der Waals surface area contributed by atoms with Gasteiger partial charge in [-0.1, -0.05) is 0 Å². The van der Waals surface area contributed by atoms with Crippen LogP contribution in [0.1, 0.15) is 0 Å². The van der Waals surface area contributed by atoms with Crippen molar-refractivity contribution in [2.75, 3.05) is 13.7 Å². The van der Waals surface area contributed by atoms with E-state index in [0.717, 1.165) is 0 Å². The standard InChI is InChI=1S/C3H5ClN2O3/c1-9-3(5-4)2-6(7)8/h2H2,1H3/b5-3+. The highest BCUT2D eigenvalue weighted by Crippen LogP contribution is 1.84. The minimum absolute atomic E-state index is 0.0957. The number of nitrogens with zero attached hydrogens (tertiary/aromatic N) is 2. The van der Waals surface area contributed by atoms with Crippen molar-refractivity contribution in [2.24, 2.45) is 4.51 Å². The van der Waals surface area contributed by atoms with Gasteiger partial charge in [-0.25, -0.2) is 0 Å². The third kappa shape index (κ3) is 3.72. The van der Waals surface area contributed by atoms with Crippen LogP contribution < -0.4 is 0 Å². The Morgan fingerprint density at radius 2 is 2.56 bits per heavy atom. The molecule has 0 amide bonds. The number of halogens is 1. The Morgan fingerprint density at radius 3 is 2.67 bits per heavy atom. The molecule has 0 heterocycles. The molecule has 9 heavy (non-hydrogen) atoms. The highest BCUT2D eigenvalue weighted by molar-refractivity contribution is 6.19. The SMILES string of the molecule is CO/C(C[N+](=O)[O-])=N/Cl. The van der Waals surface area contributed by atoms with Crippen molar-refractivity contribution >= 4 is 17.7 Å². The Morgan fingerprint density at radius 1 is 2.00 bits per heavy atom. The van der Waals surface area contributed by atoms with Crippen molar-refractivity contribution in [1.82, 2.24) is 0 Å². The van der Waals surface area contributed by atoms with Gasteiger partial charge in [-0.2, -0.15) is 0 Å². The third-order valence-corrected chi connectivity index (χ3v) is 0.783. The van der Waals surface area contributed by atoms with E-state index in [0.29, 0.717) is 0 Å². The fraction of sp³-hybridized carbons (Fsp3) is 0.667. The second-order valence-electron chi connectivity index (χ2n) is 1.17. The molecule has 0 saturated carbocycles. The van der Waals surface area contributed by atoms with Crippen LogP contribution in [0.15, 0.2) is 4.51 Å². The molecule has 0 unspecified atom stereocenters. The van der Waals surface area contributed by atoms with Crippen LogP contribution in [0.2, 0.25) is 0 Å². The normalized spacial score (nSPS) is 11.1. The van der Waals surface area contributed by atoms with Crippen molar-refractivity contribution in [2.45, 2.75) is 0 Å². The lowest BCUT2D eigenvalue weighted by Crippen LogP contribution is -2.14. The lowest BCUT2D eigenvalue weighted by atomic mass is 10.7. The average Bonchev–Trinajstić information content (AvgIpc) is 1.82. The van der Waals surface area contributed by atoms with Crippen molar-refractivity contribution < 1.29 is 9.66 Å². The Hall–Kier alpha value is -0.840. The molecule has 0 saturated heterocycles. The average molecular weight is 153 g/mol. The van der Waals surface area contributed by atoms with Gasteiger partial charge in [0.25, 0.3) is 12.4 Å². The molecule has 0 aromatic carbocycles. The Balaban J connectivity index is 3.71. The fourth-order valence-corrected chi connectivity index (χ4v) is 0.359. The van der Waals surface area contributed by atoms with E-state index in [1.54, 1.807) is 0 Å². The lowest BCUT2D eigenvalue weighted by Gasteiger charge is -1.93. The molecule has 6 heteroatoms. The third-order valence-electron chi connectivity index (χ3n) is 0.594. The molecular formula is C3H5ClN2O3. The highest BCUT2D eigenvalue weighted by Gasteiger charge is 2.05. The fourth-order valence-electron chi connectivity index (χ4n) is 0.236. The van der Waals surface area contributed by atoms with Gasteiger partial charge >= 0.3 is 0 Å². The Kier molecular flexibility index (Phi) is 3.70. The predicted molar refractivity (Wildman–Crippen MR) is 32.2 cm³/mol. The number of rotatable bonds is 2. The van der Waals surface area contributed by atoms with Crippen LogP contribution in [-0.2, 0) is 4.74 Å². The van der Waals surface area contributed by atoms with E-state index in [1.165, 1.54) is 7.11 Å². The summed E-state index contributed by atoms with van der Waals surface area (Å²) >= 11 is 4.87. The zero-order valence-corrected chi connectivity index (χ0v) is 5.46. The molecule has 52 valence electrons. The summed E-state index contributed by atoms with van der Waals surface area (Å²) in [5.74, 6) is -0.0957. The summed E-state index contributed by atoms with van der Waals surface area (Å²) in [7, 11) is 1.27. The monoisotopic (exact) mass is 152 g/mol. The zero-order chi connectivity index (χ0) is 7.28. The van der Waals surface area contributed by atoms with Gasteiger partial charge in [0.05, 0.1) is 7.11 Å². The maximum atomic E-state index is 9.71. The van der Waals surface area contributed by atoms with Gasteiger partial charge in [-0.15, -0.1) is 4.51 Å². The quantitative estimate of drug-likeness (QED) is 0.250. The first-order valence-electron chi connectivity index (χ1n) is 2.04. The first kappa shape index (κ1) is 8.16. The summed E-state index contributed by atoms with van der Waals surface area (Å²) in [5.41, 5.74) is 0. The zero-order valence-electron chi connectivity index (χ0n) is 4.70. The maximum Gasteiger partial charge on any atom is 0.279 e. The first-order valence-corrected chi connectivity index (χ1v) is 2.38. The van der Waals surface area contributed by atoms with E-state index in [-0.39, 0.29) is 5.90 Å². The lowest BCUT2D eigenvalue weighted by molar-refractivity contribution is -0.465. The van der Waals surface area contributed by atoms with Gasteiger partial charge in [0.2, 0.25) is 0 Å². The van der Waals surface area contributed by atoms with Gasteiger partial charge in [0.15, 0.2) is 0 Å². The second-order valence-corrected chi connectivity index (χ2v) is 1.34. The number of nitro groups is 1. The van der Waals surface area contributed by atoms with E-state index < -0.39 is 11.5 Å². The summed E-state index contributed by atoms with van der Waals surface area (Å²) < 4.78 is 7.36. The number of methoxy groups -OCH3 is 1. The van der Waals surface area contributed by atoms with Gasteiger partial charge in [0, 0.05) is 16.7 Å². The topological polar surface area (TPSA) is 64.7 Å². The van der Waals surface area contributed by atoms with Crippen LogP contribution in [-0.4, -0.2) is 24.5 Å². The highest BCUT2D eigenvalue weighted by atomic mass is 35.5. The molecule has 5 nitrogen and oxygen atoms in total. The van der Waals surface area contributed by atoms with Crippen LogP contribution in [0.5, 0.6) is 0 Å².